The minimum atomic E-state index is -0.149. The van der Waals surface area contributed by atoms with Crippen LogP contribution in [0.25, 0.3) is 65.4 Å². The molecule has 0 aliphatic heterocycles. The first-order valence-electron chi connectivity index (χ1n) is 16.4. The SMILES string of the molecule is CC1(C)c2cc3cc(N(c4ccccc4)c4ccc5c(c4)oc4ccccc45)ccc3cc2-c2c1c1ccccc1c1ccccc21. The van der Waals surface area contributed by atoms with Crippen LogP contribution in [0.15, 0.2) is 156 Å². The molecule has 0 spiro atoms. The van der Waals surface area contributed by atoms with Crippen LogP contribution in [-0.4, -0.2) is 0 Å². The lowest BCUT2D eigenvalue weighted by Gasteiger charge is -2.26. The Kier molecular flexibility index (Phi) is 5.37. The minimum absolute atomic E-state index is 0.149. The smallest absolute Gasteiger partial charge is 0.137 e. The maximum absolute atomic E-state index is 6.32. The molecule has 47 heavy (non-hydrogen) atoms. The zero-order chi connectivity index (χ0) is 31.3. The van der Waals surface area contributed by atoms with E-state index in [1.807, 2.05) is 12.1 Å². The molecular weight excluding hydrogens is 571 g/mol. The fraction of sp³-hybridized carbons (Fsp3) is 0.0667. The second-order valence-corrected chi connectivity index (χ2v) is 13.3. The van der Waals surface area contributed by atoms with Crippen molar-refractivity contribution < 1.29 is 4.42 Å². The van der Waals surface area contributed by atoms with Crippen LogP contribution in [-0.2, 0) is 5.41 Å². The molecule has 1 aliphatic carbocycles. The molecule has 9 aromatic rings. The van der Waals surface area contributed by atoms with Gasteiger partial charge in [-0.1, -0.05) is 105 Å². The highest BCUT2D eigenvalue weighted by molar-refractivity contribution is 6.19. The summed E-state index contributed by atoms with van der Waals surface area (Å²) in [6, 6.07) is 55.1. The molecule has 0 amide bonds. The highest BCUT2D eigenvalue weighted by Crippen LogP contribution is 2.55. The van der Waals surface area contributed by atoms with E-state index in [9.17, 15) is 0 Å². The molecular formula is C45H31NO. The summed E-state index contributed by atoms with van der Waals surface area (Å²) in [6.07, 6.45) is 0. The van der Waals surface area contributed by atoms with Crippen molar-refractivity contribution >= 4 is 71.3 Å². The van der Waals surface area contributed by atoms with Gasteiger partial charge in [0.25, 0.3) is 0 Å². The molecule has 2 nitrogen and oxygen atoms in total. The highest BCUT2D eigenvalue weighted by atomic mass is 16.3. The first-order valence-corrected chi connectivity index (χ1v) is 16.4. The number of rotatable bonds is 3. The van der Waals surface area contributed by atoms with Crippen LogP contribution in [0.2, 0.25) is 0 Å². The van der Waals surface area contributed by atoms with Crippen molar-refractivity contribution in [3.63, 3.8) is 0 Å². The van der Waals surface area contributed by atoms with E-state index in [0.717, 1.165) is 39.0 Å². The number of hydrogen-bond acceptors (Lipinski definition) is 2. The summed E-state index contributed by atoms with van der Waals surface area (Å²) >= 11 is 0. The lowest BCUT2D eigenvalue weighted by Crippen LogP contribution is -2.15. The van der Waals surface area contributed by atoms with Gasteiger partial charge in [-0.15, -0.1) is 0 Å². The number of nitrogens with zero attached hydrogens (tertiary/aromatic N) is 1. The standard InChI is InChI=1S/C45H31NO/c1-45(2)40-26-29-24-31(46(30-12-4-3-5-13-30)32-22-23-36-35-16-10-11-19-41(35)47-42(36)27-32)21-20-28(29)25-39(40)43-37-17-8-6-14-33(37)34-15-7-9-18-38(34)44(43)45/h3-27H,1-2H3. The quantitative estimate of drug-likeness (QED) is 0.187. The Labute approximate surface area is 273 Å². The normalized spacial score (nSPS) is 13.5. The predicted molar refractivity (Wildman–Crippen MR) is 198 cm³/mol. The van der Waals surface area contributed by atoms with Gasteiger partial charge in [-0.25, -0.2) is 0 Å². The molecule has 10 rings (SSSR count). The molecule has 0 radical (unpaired) electrons. The first-order chi connectivity index (χ1) is 23.1. The molecule has 0 fully saturated rings. The van der Waals surface area contributed by atoms with Crippen molar-refractivity contribution in [1.29, 1.82) is 0 Å². The molecule has 2 heteroatoms. The van der Waals surface area contributed by atoms with Gasteiger partial charge in [0.15, 0.2) is 0 Å². The van der Waals surface area contributed by atoms with Gasteiger partial charge in [-0.3, -0.25) is 0 Å². The third-order valence-electron chi connectivity index (χ3n) is 10.4. The Morgan fingerprint density at radius 3 is 1.87 bits per heavy atom. The molecule has 0 saturated carbocycles. The summed E-state index contributed by atoms with van der Waals surface area (Å²) in [5.74, 6) is 0. The highest BCUT2D eigenvalue weighted by Gasteiger charge is 2.38. The zero-order valence-corrected chi connectivity index (χ0v) is 26.3. The molecule has 1 aliphatic rings. The number of para-hydroxylation sites is 2. The monoisotopic (exact) mass is 601 g/mol. The molecule has 0 unspecified atom stereocenters. The Hall–Kier alpha value is -5.86. The third kappa shape index (κ3) is 3.73. The Morgan fingerprint density at radius 1 is 0.447 bits per heavy atom. The van der Waals surface area contributed by atoms with E-state index in [-0.39, 0.29) is 5.41 Å². The first kappa shape index (κ1) is 26.4. The van der Waals surface area contributed by atoms with Gasteiger partial charge >= 0.3 is 0 Å². The number of hydrogen-bond donors (Lipinski definition) is 0. The number of furan rings is 1. The van der Waals surface area contributed by atoms with Gasteiger partial charge in [0.2, 0.25) is 0 Å². The molecule has 0 atom stereocenters. The van der Waals surface area contributed by atoms with E-state index in [1.54, 1.807) is 0 Å². The van der Waals surface area contributed by atoms with Crippen LogP contribution in [0.5, 0.6) is 0 Å². The van der Waals surface area contributed by atoms with Crippen LogP contribution in [0, 0.1) is 0 Å². The Balaban J connectivity index is 1.18. The Morgan fingerprint density at radius 2 is 1.06 bits per heavy atom. The van der Waals surface area contributed by atoms with Crippen molar-refractivity contribution in [2.24, 2.45) is 0 Å². The second-order valence-electron chi connectivity index (χ2n) is 13.3. The fourth-order valence-electron chi connectivity index (χ4n) is 8.23. The van der Waals surface area contributed by atoms with Crippen LogP contribution < -0.4 is 4.90 Å². The van der Waals surface area contributed by atoms with E-state index in [0.29, 0.717) is 0 Å². The van der Waals surface area contributed by atoms with E-state index in [4.69, 9.17) is 4.42 Å². The Bertz CT molecular complexity index is 2720. The van der Waals surface area contributed by atoms with Gasteiger partial charge in [0.1, 0.15) is 11.2 Å². The second kappa shape index (κ2) is 9.57. The number of anilines is 3. The lowest BCUT2D eigenvalue weighted by atomic mass is 9.79. The summed E-state index contributed by atoms with van der Waals surface area (Å²) in [6.45, 7) is 4.79. The predicted octanol–water partition coefficient (Wildman–Crippen LogP) is 12.8. The zero-order valence-electron chi connectivity index (χ0n) is 26.3. The average Bonchev–Trinajstić information content (AvgIpc) is 3.59. The number of benzene rings is 8. The van der Waals surface area contributed by atoms with Gasteiger partial charge in [0.05, 0.1) is 0 Å². The molecule has 0 bridgehead atoms. The summed E-state index contributed by atoms with van der Waals surface area (Å²) in [4.78, 5) is 2.33. The van der Waals surface area contributed by atoms with Crippen LogP contribution in [0.4, 0.5) is 17.1 Å². The molecule has 222 valence electrons. The largest absolute Gasteiger partial charge is 0.456 e. The summed E-state index contributed by atoms with van der Waals surface area (Å²) in [5.41, 5.74) is 10.5. The third-order valence-corrected chi connectivity index (χ3v) is 10.4. The topological polar surface area (TPSA) is 16.4 Å². The van der Waals surface area contributed by atoms with Gasteiger partial charge < -0.3 is 9.32 Å². The van der Waals surface area contributed by atoms with E-state index in [1.165, 1.54) is 54.6 Å². The lowest BCUT2D eigenvalue weighted by molar-refractivity contribution is 0.667. The van der Waals surface area contributed by atoms with Crippen molar-refractivity contribution in [1.82, 2.24) is 0 Å². The molecule has 1 aromatic heterocycles. The van der Waals surface area contributed by atoms with E-state index in [2.05, 4.69) is 158 Å². The summed E-state index contributed by atoms with van der Waals surface area (Å²) < 4.78 is 6.32. The van der Waals surface area contributed by atoms with Crippen LogP contribution >= 0.6 is 0 Å². The van der Waals surface area contributed by atoms with Crippen LogP contribution in [0.3, 0.4) is 0 Å². The maximum atomic E-state index is 6.32. The summed E-state index contributed by atoms with van der Waals surface area (Å²) in [5, 5.41) is 10.1. The van der Waals surface area contributed by atoms with Crippen molar-refractivity contribution in [3.05, 3.63) is 163 Å². The fourth-order valence-corrected chi connectivity index (χ4v) is 8.23. The van der Waals surface area contributed by atoms with Crippen molar-refractivity contribution in [3.8, 4) is 11.1 Å². The molecule has 1 heterocycles. The maximum Gasteiger partial charge on any atom is 0.137 e. The van der Waals surface area contributed by atoms with Crippen molar-refractivity contribution in [2.75, 3.05) is 4.90 Å². The summed E-state index contributed by atoms with van der Waals surface area (Å²) in [7, 11) is 0. The molecule has 8 aromatic carbocycles. The van der Waals surface area contributed by atoms with Crippen LogP contribution in [0.1, 0.15) is 25.0 Å². The average molecular weight is 602 g/mol. The van der Waals surface area contributed by atoms with Gasteiger partial charge in [-0.2, -0.15) is 0 Å². The van der Waals surface area contributed by atoms with Crippen molar-refractivity contribution in [2.45, 2.75) is 19.3 Å². The number of fused-ring (bicyclic) bond motifs is 12. The minimum Gasteiger partial charge on any atom is -0.456 e. The van der Waals surface area contributed by atoms with E-state index >= 15 is 0 Å². The van der Waals surface area contributed by atoms with Gasteiger partial charge in [0, 0.05) is 39.3 Å². The van der Waals surface area contributed by atoms with Gasteiger partial charge in [-0.05, 0) is 109 Å². The molecule has 0 saturated heterocycles. The molecule has 0 N–H and O–H groups in total. The van der Waals surface area contributed by atoms with E-state index < -0.39 is 0 Å².